The number of aromatic nitrogens is 2. The van der Waals surface area contributed by atoms with Crippen molar-refractivity contribution in [2.24, 2.45) is 0 Å². The standard InChI is InChI=1S/C20H19ClN4O6S/c1-12-23-19(24-31-12)10-25-16-7-15(21)18(8-17(16)30-11-20(25)26)32(27,28)22-9-13-4-3-5-14(6-13)29-2/h3-8,22H,9-11H2,1-2H3. The Morgan fingerprint density at radius 1 is 1.28 bits per heavy atom. The Bertz CT molecular complexity index is 1280. The molecule has 2 aromatic carbocycles. The predicted octanol–water partition coefficient (Wildman–Crippen LogP) is 2.44. The molecule has 1 aliphatic heterocycles. The van der Waals surface area contributed by atoms with Gasteiger partial charge in [0.1, 0.15) is 16.4 Å². The van der Waals surface area contributed by atoms with E-state index >= 15 is 0 Å². The minimum atomic E-state index is -3.97. The molecule has 0 spiro atoms. The monoisotopic (exact) mass is 478 g/mol. The van der Waals surface area contributed by atoms with Crippen LogP contribution in [0.3, 0.4) is 0 Å². The summed E-state index contributed by atoms with van der Waals surface area (Å²) in [7, 11) is -2.44. The second kappa shape index (κ2) is 8.77. The van der Waals surface area contributed by atoms with Gasteiger partial charge in [0.15, 0.2) is 12.4 Å². The largest absolute Gasteiger partial charge is 0.497 e. The summed E-state index contributed by atoms with van der Waals surface area (Å²) in [5, 5.41) is 3.73. The molecule has 0 unspecified atom stereocenters. The van der Waals surface area contributed by atoms with E-state index in [1.54, 1.807) is 31.2 Å². The minimum Gasteiger partial charge on any atom is -0.497 e. The number of nitrogens with one attached hydrogen (secondary N) is 1. The third-order valence-corrected chi connectivity index (χ3v) is 6.58. The number of amides is 1. The molecule has 0 fully saturated rings. The van der Waals surface area contributed by atoms with Crippen LogP contribution >= 0.6 is 11.6 Å². The molecule has 0 bridgehead atoms. The van der Waals surface area contributed by atoms with E-state index in [1.165, 1.54) is 24.1 Å². The highest BCUT2D eigenvalue weighted by atomic mass is 35.5. The summed E-state index contributed by atoms with van der Waals surface area (Å²) >= 11 is 6.31. The van der Waals surface area contributed by atoms with Crippen LogP contribution in [0.4, 0.5) is 5.69 Å². The number of sulfonamides is 1. The number of halogens is 1. The molecule has 12 heteroatoms. The zero-order valence-electron chi connectivity index (χ0n) is 17.2. The predicted molar refractivity (Wildman–Crippen MR) is 114 cm³/mol. The molecule has 0 aliphatic carbocycles. The zero-order valence-corrected chi connectivity index (χ0v) is 18.7. The zero-order chi connectivity index (χ0) is 22.9. The number of hydrogen-bond acceptors (Lipinski definition) is 8. The van der Waals surface area contributed by atoms with Gasteiger partial charge in [0, 0.05) is 19.5 Å². The number of nitrogens with zero attached hydrogens (tertiary/aromatic N) is 3. The third kappa shape index (κ3) is 4.54. The van der Waals surface area contributed by atoms with Gasteiger partial charge in [-0.15, -0.1) is 0 Å². The maximum Gasteiger partial charge on any atom is 0.265 e. The number of aryl methyl sites for hydroxylation is 1. The molecule has 32 heavy (non-hydrogen) atoms. The smallest absolute Gasteiger partial charge is 0.265 e. The first-order valence-electron chi connectivity index (χ1n) is 9.45. The molecule has 0 atom stereocenters. The quantitative estimate of drug-likeness (QED) is 0.549. The van der Waals surface area contributed by atoms with Crippen LogP contribution in [0.5, 0.6) is 11.5 Å². The van der Waals surface area contributed by atoms with Crippen molar-refractivity contribution in [1.82, 2.24) is 14.9 Å². The number of fused-ring (bicyclic) bond motifs is 1. The molecule has 168 valence electrons. The Labute approximate surface area is 189 Å². The lowest BCUT2D eigenvalue weighted by atomic mass is 10.2. The summed E-state index contributed by atoms with van der Waals surface area (Å²) in [6.45, 7) is 1.44. The van der Waals surface area contributed by atoms with Gasteiger partial charge >= 0.3 is 0 Å². The number of anilines is 1. The molecule has 3 aromatic rings. The molecule has 1 N–H and O–H groups in total. The van der Waals surface area contributed by atoms with E-state index < -0.39 is 10.0 Å². The minimum absolute atomic E-state index is 0.0308. The van der Waals surface area contributed by atoms with Gasteiger partial charge in [-0.05, 0) is 23.8 Å². The van der Waals surface area contributed by atoms with Crippen molar-refractivity contribution in [2.75, 3.05) is 18.6 Å². The van der Waals surface area contributed by atoms with Crippen LogP contribution in [0.2, 0.25) is 5.02 Å². The number of carbonyl (C=O) groups excluding carboxylic acids is 1. The lowest BCUT2D eigenvalue weighted by Gasteiger charge is -2.29. The Morgan fingerprint density at radius 3 is 2.81 bits per heavy atom. The first kappa shape index (κ1) is 22.1. The number of methoxy groups -OCH3 is 1. The van der Waals surface area contributed by atoms with Gasteiger partial charge in [-0.25, -0.2) is 13.1 Å². The molecule has 1 aliphatic rings. The Kier molecular flexibility index (Phi) is 6.04. The van der Waals surface area contributed by atoms with Crippen molar-refractivity contribution in [3.63, 3.8) is 0 Å². The van der Waals surface area contributed by atoms with Gasteiger partial charge in [0.25, 0.3) is 5.91 Å². The molecule has 0 saturated carbocycles. The highest BCUT2D eigenvalue weighted by Gasteiger charge is 2.30. The van der Waals surface area contributed by atoms with Crippen LogP contribution in [-0.4, -0.2) is 38.2 Å². The summed E-state index contributed by atoms with van der Waals surface area (Å²) < 4.78 is 43.9. The Hall–Kier alpha value is -3.15. The van der Waals surface area contributed by atoms with Crippen molar-refractivity contribution in [2.45, 2.75) is 24.9 Å². The average Bonchev–Trinajstić information content (AvgIpc) is 3.19. The topological polar surface area (TPSA) is 124 Å². The van der Waals surface area contributed by atoms with Gasteiger partial charge in [0.2, 0.25) is 15.9 Å². The van der Waals surface area contributed by atoms with Crippen molar-refractivity contribution < 1.29 is 27.2 Å². The Morgan fingerprint density at radius 2 is 2.09 bits per heavy atom. The fourth-order valence-corrected chi connectivity index (χ4v) is 4.72. The molecule has 0 saturated heterocycles. The summed E-state index contributed by atoms with van der Waals surface area (Å²) in [5.74, 6) is 1.14. The van der Waals surface area contributed by atoms with Crippen LogP contribution in [-0.2, 0) is 27.9 Å². The van der Waals surface area contributed by atoms with Crippen LogP contribution in [0.1, 0.15) is 17.3 Å². The summed E-state index contributed by atoms with van der Waals surface area (Å²) in [6, 6.07) is 9.69. The lowest BCUT2D eigenvalue weighted by molar-refractivity contribution is -0.121. The second-order valence-electron chi connectivity index (χ2n) is 6.92. The maximum absolute atomic E-state index is 12.9. The van der Waals surface area contributed by atoms with Crippen molar-refractivity contribution in [1.29, 1.82) is 0 Å². The SMILES string of the molecule is COc1cccc(CNS(=O)(=O)c2cc3c(cc2Cl)N(Cc2noc(C)n2)C(=O)CO3)c1. The summed E-state index contributed by atoms with van der Waals surface area (Å²) in [5.41, 5.74) is 1.03. The number of hydrogen-bond donors (Lipinski definition) is 1. The van der Waals surface area contributed by atoms with Gasteiger partial charge < -0.3 is 14.0 Å². The molecular formula is C20H19ClN4O6S. The number of benzene rings is 2. The van der Waals surface area contributed by atoms with Crippen LogP contribution in [0, 0.1) is 6.92 Å². The van der Waals surface area contributed by atoms with Gasteiger partial charge in [0.05, 0.1) is 24.4 Å². The van der Waals surface area contributed by atoms with E-state index in [4.69, 9.17) is 25.6 Å². The van der Waals surface area contributed by atoms with Crippen molar-refractivity contribution >= 4 is 33.2 Å². The average molecular weight is 479 g/mol. The van der Waals surface area contributed by atoms with Gasteiger partial charge in [-0.1, -0.05) is 28.9 Å². The number of ether oxygens (including phenoxy) is 2. The third-order valence-electron chi connectivity index (χ3n) is 4.72. The molecule has 1 amide bonds. The molecule has 4 rings (SSSR count). The lowest BCUT2D eigenvalue weighted by Crippen LogP contribution is -2.38. The van der Waals surface area contributed by atoms with Crippen LogP contribution < -0.4 is 19.1 Å². The van der Waals surface area contributed by atoms with Crippen LogP contribution in [0.15, 0.2) is 45.8 Å². The molecule has 1 aromatic heterocycles. The normalized spacial score (nSPS) is 13.6. The highest BCUT2D eigenvalue weighted by Crippen LogP contribution is 2.39. The van der Waals surface area contributed by atoms with E-state index in [1.807, 2.05) is 0 Å². The van der Waals surface area contributed by atoms with E-state index in [9.17, 15) is 13.2 Å². The summed E-state index contributed by atoms with van der Waals surface area (Å²) in [6.07, 6.45) is 0. The summed E-state index contributed by atoms with van der Waals surface area (Å²) in [4.78, 5) is 17.7. The number of carbonyl (C=O) groups is 1. The van der Waals surface area contributed by atoms with E-state index in [2.05, 4.69) is 14.9 Å². The van der Waals surface area contributed by atoms with Crippen LogP contribution in [0.25, 0.3) is 0 Å². The Balaban J connectivity index is 1.60. The fourth-order valence-electron chi connectivity index (χ4n) is 3.17. The molecule has 0 radical (unpaired) electrons. The second-order valence-corrected chi connectivity index (χ2v) is 9.07. The van der Waals surface area contributed by atoms with E-state index in [0.29, 0.717) is 28.7 Å². The molecular weight excluding hydrogens is 460 g/mol. The highest BCUT2D eigenvalue weighted by molar-refractivity contribution is 7.89. The molecule has 2 heterocycles. The maximum atomic E-state index is 12.9. The first-order chi connectivity index (χ1) is 15.3. The molecule has 10 nitrogen and oxygen atoms in total. The first-order valence-corrected chi connectivity index (χ1v) is 11.3. The van der Waals surface area contributed by atoms with E-state index in [-0.39, 0.29) is 41.3 Å². The van der Waals surface area contributed by atoms with Gasteiger partial charge in [-0.2, -0.15) is 4.98 Å². The number of rotatable bonds is 7. The van der Waals surface area contributed by atoms with Gasteiger partial charge in [-0.3, -0.25) is 9.69 Å². The van der Waals surface area contributed by atoms with Crippen molar-refractivity contribution in [3.8, 4) is 11.5 Å². The van der Waals surface area contributed by atoms with Crippen molar-refractivity contribution in [3.05, 3.63) is 58.7 Å². The fraction of sp³-hybridized carbons (Fsp3) is 0.250. The van der Waals surface area contributed by atoms with E-state index in [0.717, 1.165) is 0 Å².